The van der Waals surface area contributed by atoms with E-state index in [0.717, 1.165) is 22.6 Å². The molecule has 166 valence electrons. The highest BCUT2D eigenvalue weighted by atomic mass is 19.1. The lowest BCUT2D eigenvalue weighted by Crippen LogP contribution is -2.33. The van der Waals surface area contributed by atoms with Gasteiger partial charge in [-0.15, -0.1) is 0 Å². The van der Waals surface area contributed by atoms with Gasteiger partial charge in [0.05, 0.1) is 22.5 Å². The molecule has 2 aromatic carbocycles. The number of benzene rings is 2. The van der Waals surface area contributed by atoms with Gasteiger partial charge in [0, 0.05) is 19.2 Å². The molecule has 0 saturated carbocycles. The predicted octanol–water partition coefficient (Wildman–Crippen LogP) is 3.41. The number of aromatic nitrogens is 1. The molecular weight excluding hydrogens is 427 g/mol. The summed E-state index contributed by atoms with van der Waals surface area (Å²) < 4.78 is 13.8. The number of carbonyl (C=O) groups excluding carboxylic acids is 4. The van der Waals surface area contributed by atoms with E-state index in [1.54, 1.807) is 30.3 Å². The van der Waals surface area contributed by atoms with Crippen LogP contribution in [0.4, 0.5) is 15.8 Å². The minimum absolute atomic E-state index is 0.0438. The summed E-state index contributed by atoms with van der Waals surface area (Å²) in [6.45, 7) is 1.68. The van der Waals surface area contributed by atoms with Crippen molar-refractivity contribution in [3.63, 3.8) is 0 Å². The summed E-state index contributed by atoms with van der Waals surface area (Å²) in [7, 11) is 0. The van der Waals surface area contributed by atoms with Crippen molar-refractivity contribution in [2.24, 2.45) is 0 Å². The molecular formula is C24H19FN4O4. The third-order valence-corrected chi connectivity index (χ3v) is 5.09. The zero-order valence-corrected chi connectivity index (χ0v) is 17.6. The van der Waals surface area contributed by atoms with Crippen molar-refractivity contribution in [1.29, 1.82) is 0 Å². The number of fused-ring (bicyclic) bond motifs is 1. The van der Waals surface area contributed by atoms with E-state index in [9.17, 15) is 23.6 Å². The highest BCUT2D eigenvalue weighted by Crippen LogP contribution is 2.25. The van der Waals surface area contributed by atoms with Crippen LogP contribution in [0, 0.1) is 12.7 Å². The van der Waals surface area contributed by atoms with E-state index in [0.29, 0.717) is 11.1 Å². The average molecular weight is 446 g/mol. The number of anilines is 2. The van der Waals surface area contributed by atoms with Gasteiger partial charge in [0.25, 0.3) is 17.7 Å². The summed E-state index contributed by atoms with van der Waals surface area (Å²) in [6.07, 6.45) is 1.26. The number of nitrogens with zero attached hydrogens (tertiary/aromatic N) is 2. The number of rotatable bonds is 6. The van der Waals surface area contributed by atoms with Crippen LogP contribution in [0.3, 0.4) is 0 Å². The summed E-state index contributed by atoms with van der Waals surface area (Å²) in [5.41, 5.74) is 1.83. The molecule has 0 spiro atoms. The van der Waals surface area contributed by atoms with Crippen LogP contribution in [0.15, 0.2) is 60.8 Å². The van der Waals surface area contributed by atoms with E-state index < -0.39 is 29.4 Å². The molecule has 9 heteroatoms. The number of imide groups is 1. The maximum Gasteiger partial charge on any atom is 0.274 e. The lowest BCUT2D eigenvalue weighted by molar-refractivity contribution is -0.116. The standard InChI is InChI=1S/C24H19FN4O4/c1-14-5-7-16-17(12-14)24(33)29(23(16)32)11-9-21(30)27-20-13-15(25)6-8-18(20)28-22(31)19-4-2-3-10-26-19/h2-8,10,12-13H,9,11H2,1H3,(H,27,30)(H,28,31). The molecule has 0 radical (unpaired) electrons. The Morgan fingerprint density at radius 3 is 2.48 bits per heavy atom. The van der Waals surface area contributed by atoms with E-state index in [2.05, 4.69) is 15.6 Å². The van der Waals surface area contributed by atoms with Crippen LogP contribution < -0.4 is 10.6 Å². The molecule has 0 saturated heterocycles. The third kappa shape index (κ3) is 4.62. The fourth-order valence-corrected chi connectivity index (χ4v) is 3.45. The van der Waals surface area contributed by atoms with Crippen molar-refractivity contribution in [1.82, 2.24) is 9.88 Å². The molecule has 2 heterocycles. The first-order valence-corrected chi connectivity index (χ1v) is 10.1. The Morgan fingerprint density at radius 2 is 1.73 bits per heavy atom. The molecule has 0 unspecified atom stereocenters. The highest BCUT2D eigenvalue weighted by Gasteiger charge is 2.35. The number of carbonyl (C=O) groups is 4. The predicted molar refractivity (Wildman–Crippen MR) is 118 cm³/mol. The lowest BCUT2D eigenvalue weighted by atomic mass is 10.1. The van der Waals surface area contributed by atoms with Gasteiger partial charge in [-0.05, 0) is 49.4 Å². The van der Waals surface area contributed by atoms with E-state index in [4.69, 9.17) is 0 Å². The van der Waals surface area contributed by atoms with Crippen molar-refractivity contribution < 1.29 is 23.6 Å². The molecule has 4 rings (SSSR count). The van der Waals surface area contributed by atoms with Crippen molar-refractivity contribution in [2.75, 3.05) is 17.2 Å². The number of nitrogens with one attached hydrogen (secondary N) is 2. The second-order valence-electron chi connectivity index (χ2n) is 7.47. The Balaban J connectivity index is 1.43. The fourth-order valence-electron chi connectivity index (χ4n) is 3.45. The number of hydrogen-bond donors (Lipinski definition) is 2. The molecule has 8 nitrogen and oxygen atoms in total. The first-order chi connectivity index (χ1) is 15.8. The maximum absolute atomic E-state index is 13.8. The number of amides is 4. The quantitative estimate of drug-likeness (QED) is 0.564. The SMILES string of the molecule is Cc1ccc2c(c1)C(=O)N(CCC(=O)Nc1cc(F)ccc1NC(=O)c1ccccn1)C2=O. The summed E-state index contributed by atoms with van der Waals surface area (Å²) in [5.74, 6) is -2.62. The monoisotopic (exact) mass is 446 g/mol. The molecule has 0 bridgehead atoms. The molecule has 3 aromatic rings. The van der Waals surface area contributed by atoms with Crippen molar-refractivity contribution in [3.8, 4) is 0 Å². The number of pyridine rings is 1. The Morgan fingerprint density at radius 1 is 0.939 bits per heavy atom. The third-order valence-electron chi connectivity index (χ3n) is 5.09. The van der Waals surface area contributed by atoms with E-state index >= 15 is 0 Å². The van der Waals surface area contributed by atoms with E-state index in [1.165, 1.54) is 18.3 Å². The first kappa shape index (κ1) is 21.8. The lowest BCUT2D eigenvalue weighted by Gasteiger charge is -2.15. The number of halogens is 1. The Kier molecular flexibility index (Phi) is 5.95. The minimum Gasteiger partial charge on any atom is -0.324 e. The molecule has 1 aliphatic heterocycles. The van der Waals surface area contributed by atoms with Crippen molar-refractivity contribution in [3.05, 3.63) is 89.0 Å². The van der Waals surface area contributed by atoms with Gasteiger partial charge in [0.2, 0.25) is 5.91 Å². The minimum atomic E-state index is -0.614. The molecule has 1 aliphatic rings. The van der Waals surface area contributed by atoms with E-state index in [1.807, 2.05) is 6.92 Å². The summed E-state index contributed by atoms with van der Waals surface area (Å²) in [5, 5.41) is 5.12. The van der Waals surface area contributed by atoms with Gasteiger partial charge >= 0.3 is 0 Å². The second kappa shape index (κ2) is 8.99. The van der Waals surface area contributed by atoms with Crippen LogP contribution in [0.2, 0.25) is 0 Å². The van der Waals surface area contributed by atoms with Crippen LogP contribution in [-0.4, -0.2) is 40.1 Å². The van der Waals surface area contributed by atoms with Gasteiger partial charge in [-0.1, -0.05) is 17.7 Å². The maximum atomic E-state index is 13.8. The van der Waals surface area contributed by atoms with Gasteiger partial charge in [0.15, 0.2) is 0 Å². The second-order valence-corrected chi connectivity index (χ2v) is 7.47. The van der Waals surface area contributed by atoms with Crippen LogP contribution >= 0.6 is 0 Å². The van der Waals surface area contributed by atoms with Crippen LogP contribution in [0.1, 0.15) is 43.2 Å². The normalized spacial score (nSPS) is 12.5. The Hall–Kier alpha value is -4.40. The van der Waals surface area contributed by atoms with Gasteiger partial charge in [-0.2, -0.15) is 0 Å². The molecule has 2 N–H and O–H groups in total. The zero-order valence-electron chi connectivity index (χ0n) is 17.6. The highest BCUT2D eigenvalue weighted by molar-refractivity contribution is 6.21. The van der Waals surface area contributed by atoms with Gasteiger partial charge in [-0.3, -0.25) is 29.1 Å². The number of hydrogen-bond acceptors (Lipinski definition) is 5. The van der Waals surface area contributed by atoms with Crippen LogP contribution in [-0.2, 0) is 4.79 Å². The van der Waals surface area contributed by atoms with Crippen molar-refractivity contribution >= 4 is 35.0 Å². The Labute approximate surface area is 188 Å². The summed E-state index contributed by atoms with van der Waals surface area (Å²) in [6, 6.07) is 13.3. The molecule has 1 aromatic heterocycles. The Bertz CT molecular complexity index is 1280. The van der Waals surface area contributed by atoms with Crippen LogP contribution in [0.25, 0.3) is 0 Å². The first-order valence-electron chi connectivity index (χ1n) is 10.1. The topological polar surface area (TPSA) is 108 Å². The average Bonchev–Trinajstić information content (AvgIpc) is 3.03. The van der Waals surface area contributed by atoms with Crippen molar-refractivity contribution in [2.45, 2.75) is 13.3 Å². The van der Waals surface area contributed by atoms with E-state index in [-0.39, 0.29) is 30.0 Å². The van der Waals surface area contributed by atoms with Gasteiger partial charge in [-0.25, -0.2) is 4.39 Å². The largest absolute Gasteiger partial charge is 0.324 e. The smallest absolute Gasteiger partial charge is 0.274 e. The number of aryl methyl sites for hydroxylation is 1. The summed E-state index contributed by atoms with van der Waals surface area (Å²) >= 11 is 0. The van der Waals surface area contributed by atoms with Gasteiger partial charge < -0.3 is 10.6 Å². The molecule has 0 atom stereocenters. The fraction of sp³-hybridized carbons (Fsp3) is 0.125. The molecule has 4 amide bonds. The summed E-state index contributed by atoms with van der Waals surface area (Å²) in [4.78, 5) is 54.9. The van der Waals surface area contributed by atoms with Gasteiger partial charge in [0.1, 0.15) is 11.5 Å². The molecule has 0 fully saturated rings. The molecule has 33 heavy (non-hydrogen) atoms. The zero-order chi connectivity index (χ0) is 23.5. The molecule has 0 aliphatic carbocycles. The van der Waals surface area contributed by atoms with Crippen LogP contribution in [0.5, 0.6) is 0 Å².